The number of nitrogens with one attached hydrogen (secondary N) is 2. The first-order valence-electron chi connectivity index (χ1n) is 10.5. The molecule has 1 aliphatic rings. The fourth-order valence-corrected chi connectivity index (χ4v) is 3.97. The van der Waals surface area contributed by atoms with Crippen molar-refractivity contribution in [2.24, 2.45) is 0 Å². The van der Waals surface area contributed by atoms with Gasteiger partial charge in [0, 0.05) is 24.4 Å². The van der Waals surface area contributed by atoms with Crippen molar-refractivity contribution in [1.82, 2.24) is 10.6 Å². The van der Waals surface area contributed by atoms with E-state index < -0.39 is 24.1 Å². The van der Waals surface area contributed by atoms with Crippen molar-refractivity contribution in [1.29, 1.82) is 0 Å². The van der Waals surface area contributed by atoms with Gasteiger partial charge in [-0.1, -0.05) is 55.5 Å². The van der Waals surface area contributed by atoms with E-state index in [1.165, 1.54) is 0 Å². The molecule has 2 amide bonds. The Balaban J connectivity index is 1.51. The number of carboxylic acid groups (broad SMARTS) is 1. The molecule has 1 unspecified atom stereocenters. The number of aliphatic carboxylic acids is 1. The maximum Gasteiger partial charge on any atom is 0.407 e. The average molecular weight is 424 g/mol. The molecule has 0 spiro atoms. The zero-order valence-corrected chi connectivity index (χ0v) is 17.8. The quantitative estimate of drug-likeness (QED) is 0.570. The highest BCUT2D eigenvalue weighted by molar-refractivity contribution is 5.80. The Morgan fingerprint density at radius 2 is 1.55 bits per heavy atom. The maximum atomic E-state index is 12.3. The molecular weight excluding hydrogens is 396 g/mol. The van der Waals surface area contributed by atoms with Gasteiger partial charge >= 0.3 is 12.1 Å². The number of amides is 2. The van der Waals surface area contributed by atoms with Crippen LogP contribution in [0.25, 0.3) is 11.1 Å². The molecule has 31 heavy (non-hydrogen) atoms. The molecule has 3 rings (SSSR count). The molecule has 7 heteroatoms. The van der Waals surface area contributed by atoms with E-state index in [4.69, 9.17) is 9.84 Å². The summed E-state index contributed by atoms with van der Waals surface area (Å²) in [7, 11) is 0. The largest absolute Gasteiger partial charge is 0.481 e. The molecule has 0 aliphatic heterocycles. The maximum absolute atomic E-state index is 12.3. The SMILES string of the molecule is CCC(CC(=O)O)NC(=O)C[C@H](C)NC(=O)OCC1c2ccccc2-c2ccccc21. The second-order valence-corrected chi connectivity index (χ2v) is 7.85. The molecule has 1 aliphatic carbocycles. The minimum Gasteiger partial charge on any atom is -0.481 e. The Hall–Kier alpha value is -3.35. The van der Waals surface area contributed by atoms with Gasteiger partial charge in [0.15, 0.2) is 0 Å². The predicted molar refractivity (Wildman–Crippen MR) is 117 cm³/mol. The number of hydrogen-bond donors (Lipinski definition) is 3. The Labute approximate surface area is 181 Å². The van der Waals surface area contributed by atoms with Crippen LogP contribution in [0.1, 0.15) is 50.2 Å². The number of carbonyl (C=O) groups is 3. The van der Waals surface area contributed by atoms with Crippen LogP contribution in [-0.2, 0) is 14.3 Å². The number of rotatable bonds is 9. The number of ether oxygens (including phenoxy) is 1. The molecule has 0 heterocycles. The second kappa shape index (κ2) is 10.1. The van der Waals surface area contributed by atoms with Crippen LogP contribution >= 0.6 is 0 Å². The zero-order valence-electron chi connectivity index (χ0n) is 17.8. The van der Waals surface area contributed by atoms with E-state index in [0.29, 0.717) is 6.42 Å². The van der Waals surface area contributed by atoms with Gasteiger partial charge in [-0.15, -0.1) is 0 Å². The fourth-order valence-electron chi connectivity index (χ4n) is 3.97. The van der Waals surface area contributed by atoms with Crippen molar-refractivity contribution in [3.63, 3.8) is 0 Å². The average Bonchev–Trinajstić information content (AvgIpc) is 3.05. The first kappa shape index (κ1) is 22.3. The van der Waals surface area contributed by atoms with Crippen LogP contribution in [0.2, 0.25) is 0 Å². The molecular formula is C24H28N2O5. The first-order valence-corrected chi connectivity index (χ1v) is 10.5. The van der Waals surface area contributed by atoms with E-state index in [0.717, 1.165) is 22.3 Å². The molecule has 0 bridgehead atoms. The van der Waals surface area contributed by atoms with Crippen molar-refractivity contribution in [3.05, 3.63) is 59.7 Å². The van der Waals surface area contributed by atoms with Gasteiger partial charge in [0.25, 0.3) is 0 Å². The highest BCUT2D eigenvalue weighted by atomic mass is 16.5. The predicted octanol–water partition coefficient (Wildman–Crippen LogP) is 3.67. The van der Waals surface area contributed by atoms with Gasteiger partial charge in [-0.25, -0.2) is 4.79 Å². The van der Waals surface area contributed by atoms with Gasteiger partial charge in [-0.3, -0.25) is 9.59 Å². The van der Waals surface area contributed by atoms with Crippen LogP contribution in [0, 0.1) is 0 Å². The van der Waals surface area contributed by atoms with Crippen LogP contribution in [-0.4, -0.2) is 41.8 Å². The van der Waals surface area contributed by atoms with E-state index in [-0.39, 0.29) is 31.3 Å². The lowest BCUT2D eigenvalue weighted by molar-refractivity contribution is -0.137. The third-order valence-electron chi connectivity index (χ3n) is 5.48. The lowest BCUT2D eigenvalue weighted by atomic mass is 9.98. The zero-order chi connectivity index (χ0) is 22.4. The van der Waals surface area contributed by atoms with Gasteiger partial charge in [0.05, 0.1) is 6.42 Å². The summed E-state index contributed by atoms with van der Waals surface area (Å²) >= 11 is 0. The topological polar surface area (TPSA) is 105 Å². The van der Waals surface area contributed by atoms with E-state index in [2.05, 4.69) is 34.9 Å². The van der Waals surface area contributed by atoms with Crippen molar-refractivity contribution in [2.75, 3.05) is 6.61 Å². The minimum atomic E-state index is -0.961. The van der Waals surface area contributed by atoms with Gasteiger partial charge in [-0.05, 0) is 35.6 Å². The third-order valence-corrected chi connectivity index (χ3v) is 5.48. The lowest BCUT2D eigenvalue weighted by Crippen LogP contribution is -2.41. The summed E-state index contributed by atoms with van der Waals surface area (Å²) in [5.74, 6) is -1.30. The number of hydrogen-bond acceptors (Lipinski definition) is 4. The number of fused-ring (bicyclic) bond motifs is 3. The molecule has 7 nitrogen and oxygen atoms in total. The van der Waals surface area contributed by atoms with Crippen molar-refractivity contribution in [3.8, 4) is 11.1 Å². The van der Waals surface area contributed by atoms with E-state index in [1.807, 2.05) is 31.2 Å². The Morgan fingerprint density at radius 1 is 0.968 bits per heavy atom. The molecule has 0 saturated heterocycles. The molecule has 0 fully saturated rings. The molecule has 0 aromatic heterocycles. The van der Waals surface area contributed by atoms with Crippen molar-refractivity contribution >= 4 is 18.0 Å². The standard InChI is InChI=1S/C24H28N2O5/c1-3-16(13-23(28)29)26-22(27)12-15(2)25-24(30)31-14-21-19-10-6-4-8-17(19)18-9-5-7-11-20(18)21/h4-11,15-16,21H,3,12-14H2,1-2H3,(H,25,30)(H,26,27)(H,28,29)/t15-,16?/m0/s1. The van der Waals surface area contributed by atoms with Gasteiger partial charge in [-0.2, -0.15) is 0 Å². The summed E-state index contributed by atoms with van der Waals surface area (Å²) in [5.41, 5.74) is 4.58. The number of carboxylic acids is 1. The van der Waals surface area contributed by atoms with E-state index in [1.54, 1.807) is 6.92 Å². The van der Waals surface area contributed by atoms with Gasteiger partial charge < -0.3 is 20.5 Å². The molecule has 2 aromatic carbocycles. The summed E-state index contributed by atoms with van der Waals surface area (Å²) in [6, 6.07) is 15.3. The summed E-state index contributed by atoms with van der Waals surface area (Å²) in [6.45, 7) is 3.72. The smallest absolute Gasteiger partial charge is 0.407 e. The molecule has 164 valence electrons. The molecule has 2 aromatic rings. The number of carbonyl (C=O) groups excluding carboxylic acids is 2. The van der Waals surface area contributed by atoms with Gasteiger partial charge in [0.1, 0.15) is 6.61 Å². The molecule has 3 N–H and O–H groups in total. The normalized spacial score (nSPS) is 14.1. The van der Waals surface area contributed by atoms with Crippen molar-refractivity contribution < 1.29 is 24.2 Å². The van der Waals surface area contributed by atoms with Gasteiger partial charge in [0.2, 0.25) is 5.91 Å². The number of alkyl carbamates (subject to hydrolysis) is 1. The summed E-state index contributed by atoms with van der Waals surface area (Å²) in [5, 5.41) is 14.2. The highest BCUT2D eigenvalue weighted by Crippen LogP contribution is 2.44. The third kappa shape index (κ3) is 5.63. The minimum absolute atomic E-state index is 0.0296. The first-order chi connectivity index (χ1) is 14.9. The Bertz CT molecular complexity index is 913. The molecule has 2 atom stereocenters. The van der Waals surface area contributed by atoms with Crippen LogP contribution in [0.5, 0.6) is 0 Å². The van der Waals surface area contributed by atoms with E-state index >= 15 is 0 Å². The number of benzene rings is 2. The Kier molecular flexibility index (Phi) is 7.28. The monoisotopic (exact) mass is 424 g/mol. The lowest BCUT2D eigenvalue weighted by Gasteiger charge is -2.19. The second-order valence-electron chi connectivity index (χ2n) is 7.85. The van der Waals surface area contributed by atoms with Crippen LogP contribution < -0.4 is 10.6 Å². The molecule has 0 saturated carbocycles. The molecule has 0 radical (unpaired) electrons. The summed E-state index contributed by atoms with van der Waals surface area (Å²) in [4.78, 5) is 35.3. The van der Waals surface area contributed by atoms with E-state index in [9.17, 15) is 14.4 Å². The highest BCUT2D eigenvalue weighted by Gasteiger charge is 2.29. The summed E-state index contributed by atoms with van der Waals surface area (Å²) in [6.07, 6.45) is -0.150. The summed E-state index contributed by atoms with van der Waals surface area (Å²) < 4.78 is 5.49. The van der Waals surface area contributed by atoms with Crippen LogP contribution in [0.15, 0.2) is 48.5 Å². The fraction of sp³-hybridized carbons (Fsp3) is 0.375. The van der Waals surface area contributed by atoms with Crippen molar-refractivity contribution in [2.45, 2.75) is 51.1 Å². The van der Waals surface area contributed by atoms with Crippen LogP contribution in [0.4, 0.5) is 4.79 Å². The Morgan fingerprint density at radius 3 is 2.10 bits per heavy atom. The van der Waals surface area contributed by atoms with Crippen LogP contribution in [0.3, 0.4) is 0 Å².